The zero-order valence-electron chi connectivity index (χ0n) is 28.5. The van der Waals surface area contributed by atoms with E-state index < -0.39 is 18.0 Å². The zero-order valence-corrected chi connectivity index (χ0v) is 31.5. The maximum absolute atomic E-state index is 14.3. The van der Waals surface area contributed by atoms with Gasteiger partial charge in [-0.3, -0.25) is 9.36 Å². The molecule has 51 heavy (non-hydrogen) atoms. The van der Waals surface area contributed by atoms with E-state index in [-0.39, 0.29) is 31.0 Å². The highest BCUT2D eigenvalue weighted by molar-refractivity contribution is 14.1. The highest BCUT2D eigenvalue weighted by Crippen LogP contribution is 2.37. The number of thiazole rings is 1. The second kappa shape index (κ2) is 16.7. The van der Waals surface area contributed by atoms with E-state index >= 15 is 0 Å². The average molecular weight is 824 g/mol. The number of nitriles is 1. The van der Waals surface area contributed by atoms with Crippen molar-refractivity contribution in [2.45, 2.75) is 33.4 Å². The molecule has 14 heteroatoms. The smallest absolute Gasteiger partial charge is 0.343 e. The normalized spacial score (nSPS) is 13.8. The second-order valence-electron chi connectivity index (χ2n) is 10.9. The third-order valence-corrected chi connectivity index (χ3v) is 9.52. The van der Waals surface area contributed by atoms with Gasteiger partial charge in [0.2, 0.25) is 0 Å². The number of hydrogen-bond acceptors (Lipinski definition) is 12. The van der Waals surface area contributed by atoms with Crippen LogP contribution in [0, 0.1) is 14.9 Å². The van der Waals surface area contributed by atoms with E-state index in [2.05, 4.69) is 38.4 Å². The summed E-state index contributed by atoms with van der Waals surface area (Å²) in [7, 11) is 2.79. The molecule has 0 amide bonds. The van der Waals surface area contributed by atoms with E-state index in [1.54, 1.807) is 63.2 Å². The number of esters is 2. The van der Waals surface area contributed by atoms with Gasteiger partial charge in [-0.25, -0.2) is 14.6 Å². The van der Waals surface area contributed by atoms with Crippen LogP contribution < -0.4 is 33.8 Å². The van der Waals surface area contributed by atoms with Gasteiger partial charge >= 0.3 is 11.9 Å². The van der Waals surface area contributed by atoms with Gasteiger partial charge in [0.25, 0.3) is 5.56 Å². The molecule has 1 aliphatic heterocycles. The summed E-state index contributed by atoms with van der Waals surface area (Å²) in [5.74, 6) is 0.401. The van der Waals surface area contributed by atoms with Gasteiger partial charge in [0.1, 0.15) is 6.61 Å². The van der Waals surface area contributed by atoms with Gasteiger partial charge in [-0.15, -0.1) is 0 Å². The standard InChI is InChI=1S/C37H34IN3O9S/c1-6-47-28-17-23(12-13-27(28)49-20-31(42)46-5)33-32(36(44)48-7-2)21(3)40-37-41(33)35(43)30(51-37)16-22-14-26(38)34(29(15-22)45-4)50-19-25-11-9-8-10-24(25)18-39/h8-17,33H,6-7,19-20H2,1-5H3/b30-16-/t33-/m1/s1. The van der Waals surface area contributed by atoms with Crippen molar-refractivity contribution in [1.82, 2.24) is 4.57 Å². The van der Waals surface area contributed by atoms with Crippen molar-refractivity contribution in [3.63, 3.8) is 0 Å². The average Bonchev–Trinajstić information content (AvgIpc) is 3.43. The summed E-state index contributed by atoms with van der Waals surface area (Å²) in [6.45, 7) is 5.47. The van der Waals surface area contributed by atoms with Crippen LogP contribution in [0.25, 0.3) is 6.08 Å². The van der Waals surface area contributed by atoms with Crippen LogP contribution in [0.2, 0.25) is 0 Å². The Hall–Kier alpha value is -5.14. The highest BCUT2D eigenvalue weighted by Gasteiger charge is 2.34. The summed E-state index contributed by atoms with van der Waals surface area (Å²) >= 11 is 3.33. The maximum atomic E-state index is 14.3. The molecule has 0 radical (unpaired) electrons. The van der Waals surface area contributed by atoms with Crippen molar-refractivity contribution >= 4 is 51.9 Å². The number of carbonyl (C=O) groups is 2. The minimum Gasteiger partial charge on any atom is -0.493 e. The van der Waals surface area contributed by atoms with Gasteiger partial charge < -0.3 is 28.4 Å². The number of fused-ring (bicyclic) bond motifs is 1. The minimum absolute atomic E-state index is 0.127. The molecule has 0 aliphatic carbocycles. The van der Waals surface area contributed by atoms with Crippen molar-refractivity contribution in [3.05, 3.63) is 111 Å². The van der Waals surface area contributed by atoms with Crippen molar-refractivity contribution < 1.29 is 38.0 Å². The molecule has 0 bridgehead atoms. The van der Waals surface area contributed by atoms with Crippen molar-refractivity contribution in [2.24, 2.45) is 4.99 Å². The summed E-state index contributed by atoms with van der Waals surface area (Å²) in [4.78, 5) is 44.5. The molecule has 2 heterocycles. The summed E-state index contributed by atoms with van der Waals surface area (Å²) in [6.07, 6.45) is 1.74. The fourth-order valence-electron chi connectivity index (χ4n) is 5.40. The number of aromatic nitrogens is 1. The van der Waals surface area contributed by atoms with Crippen LogP contribution in [0.4, 0.5) is 0 Å². The molecule has 0 fully saturated rings. The number of halogens is 1. The molecule has 1 aliphatic rings. The number of benzene rings is 3. The molecule has 264 valence electrons. The Labute approximate surface area is 311 Å². The van der Waals surface area contributed by atoms with E-state index in [0.29, 0.717) is 61.3 Å². The number of ether oxygens (including phenoxy) is 6. The summed E-state index contributed by atoms with van der Waals surface area (Å²) in [5.41, 5.74) is 2.73. The largest absolute Gasteiger partial charge is 0.493 e. The van der Waals surface area contributed by atoms with E-state index in [9.17, 15) is 19.6 Å². The lowest BCUT2D eigenvalue weighted by Gasteiger charge is -2.25. The van der Waals surface area contributed by atoms with Gasteiger partial charge in [0.05, 0.1) is 64.5 Å². The molecule has 5 rings (SSSR count). The third kappa shape index (κ3) is 8.10. The Morgan fingerprint density at radius 3 is 2.51 bits per heavy atom. The molecule has 0 saturated heterocycles. The van der Waals surface area contributed by atoms with Gasteiger partial charge in [0, 0.05) is 5.56 Å². The zero-order chi connectivity index (χ0) is 36.7. The SMILES string of the molecule is CCOC(=O)C1=C(C)N=c2s/c(=C\c3cc(I)c(OCc4ccccc4C#N)c(OC)c3)c(=O)n2[C@@H]1c1ccc(OCC(=O)OC)c(OCC)c1. The van der Waals surface area contributed by atoms with Crippen molar-refractivity contribution in [1.29, 1.82) is 5.26 Å². The summed E-state index contributed by atoms with van der Waals surface area (Å²) < 4.78 is 36.0. The molecule has 0 spiro atoms. The molecule has 4 aromatic rings. The van der Waals surface area contributed by atoms with E-state index in [0.717, 1.165) is 9.13 Å². The highest BCUT2D eigenvalue weighted by atomic mass is 127. The Morgan fingerprint density at radius 1 is 1.02 bits per heavy atom. The van der Waals surface area contributed by atoms with E-state index in [1.165, 1.54) is 30.1 Å². The van der Waals surface area contributed by atoms with Gasteiger partial charge in [0.15, 0.2) is 34.4 Å². The minimum atomic E-state index is -0.905. The number of allylic oxidation sites excluding steroid dienone is 1. The Morgan fingerprint density at radius 2 is 1.80 bits per heavy atom. The molecule has 0 N–H and O–H groups in total. The van der Waals surface area contributed by atoms with Gasteiger partial charge in [-0.05, 0) is 90.9 Å². The molecule has 12 nitrogen and oxygen atoms in total. The maximum Gasteiger partial charge on any atom is 0.343 e. The lowest BCUT2D eigenvalue weighted by atomic mass is 9.95. The summed E-state index contributed by atoms with van der Waals surface area (Å²) in [6, 6.07) is 17.1. The molecule has 3 aromatic carbocycles. The van der Waals surface area contributed by atoms with Crippen LogP contribution in [-0.2, 0) is 25.7 Å². The van der Waals surface area contributed by atoms with Crippen molar-refractivity contribution in [3.8, 4) is 29.1 Å². The number of hydrogen-bond donors (Lipinski definition) is 0. The first-order chi connectivity index (χ1) is 24.6. The van der Waals surface area contributed by atoms with Crippen LogP contribution in [0.1, 0.15) is 49.1 Å². The monoisotopic (exact) mass is 823 g/mol. The lowest BCUT2D eigenvalue weighted by Crippen LogP contribution is -2.40. The summed E-state index contributed by atoms with van der Waals surface area (Å²) in [5, 5.41) is 9.46. The Kier molecular flexibility index (Phi) is 12.2. The molecule has 1 atom stereocenters. The van der Waals surface area contributed by atoms with Gasteiger partial charge in [-0.2, -0.15) is 5.26 Å². The third-order valence-electron chi connectivity index (χ3n) is 7.73. The second-order valence-corrected chi connectivity index (χ2v) is 13.1. The quantitative estimate of drug-likeness (QED) is 0.136. The molecule has 0 saturated carbocycles. The van der Waals surface area contributed by atoms with Crippen molar-refractivity contribution in [2.75, 3.05) is 34.0 Å². The number of carbonyl (C=O) groups excluding carboxylic acids is 2. The topological polar surface area (TPSA) is 148 Å². The van der Waals surface area contributed by atoms with Crippen LogP contribution in [-0.4, -0.2) is 50.5 Å². The fourth-order valence-corrected chi connectivity index (χ4v) is 7.23. The van der Waals surface area contributed by atoms with Crippen LogP contribution >= 0.6 is 33.9 Å². The lowest BCUT2D eigenvalue weighted by molar-refractivity contribution is -0.143. The van der Waals surface area contributed by atoms with E-state index in [4.69, 9.17) is 23.7 Å². The molecular formula is C37H34IN3O9S. The Balaban J connectivity index is 1.59. The number of methoxy groups -OCH3 is 2. The molecular weight excluding hydrogens is 789 g/mol. The predicted molar refractivity (Wildman–Crippen MR) is 197 cm³/mol. The van der Waals surface area contributed by atoms with E-state index in [1.807, 2.05) is 18.2 Å². The van der Waals surface area contributed by atoms with Crippen LogP contribution in [0.15, 0.2) is 75.7 Å². The van der Waals surface area contributed by atoms with Crippen LogP contribution in [0.3, 0.4) is 0 Å². The number of rotatable bonds is 13. The first kappa shape index (κ1) is 37.1. The number of nitrogens with zero attached hydrogens (tertiary/aromatic N) is 3. The van der Waals surface area contributed by atoms with Crippen LogP contribution in [0.5, 0.6) is 23.0 Å². The first-order valence-electron chi connectivity index (χ1n) is 15.8. The molecule has 0 unspecified atom stereocenters. The Bertz CT molecular complexity index is 2240. The molecule has 1 aromatic heterocycles. The predicted octanol–water partition coefficient (Wildman–Crippen LogP) is 4.81. The fraction of sp³-hybridized carbons (Fsp3) is 0.270. The van der Waals surface area contributed by atoms with Gasteiger partial charge in [-0.1, -0.05) is 35.6 Å². The first-order valence-corrected chi connectivity index (χ1v) is 17.7.